The van der Waals surface area contributed by atoms with Crippen LogP contribution in [0.2, 0.25) is 0 Å². The Hall–Kier alpha value is -3.03. The third-order valence-electron chi connectivity index (χ3n) is 5.23. The first kappa shape index (κ1) is 18.3. The van der Waals surface area contributed by atoms with Gasteiger partial charge in [-0.25, -0.2) is 9.36 Å². The lowest BCUT2D eigenvalue weighted by atomic mass is 9.91. The highest BCUT2D eigenvalue weighted by Crippen LogP contribution is 2.28. The molecule has 1 saturated carbocycles. The lowest BCUT2D eigenvalue weighted by molar-refractivity contribution is 0.302. The molecule has 0 spiro atoms. The Kier molecular flexibility index (Phi) is 4.93. The van der Waals surface area contributed by atoms with Crippen molar-refractivity contribution < 1.29 is 0 Å². The minimum atomic E-state index is -0.0638. The van der Waals surface area contributed by atoms with Gasteiger partial charge in [0.15, 0.2) is 5.82 Å². The van der Waals surface area contributed by atoms with E-state index < -0.39 is 0 Å². The molecular formula is C20H25N7O. The summed E-state index contributed by atoms with van der Waals surface area (Å²) in [4.78, 5) is 12.4. The summed E-state index contributed by atoms with van der Waals surface area (Å²) in [7, 11) is 0. The molecule has 0 aromatic carbocycles. The maximum absolute atomic E-state index is 12.4. The molecule has 0 aliphatic heterocycles. The van der Waals surface area contributed by atoms with Crippen LogP contribution in [-0.4, -0.2) is 35.8 Å². The molecule has 8 heteroatoms. The Morgan fingerprint density at radius 3 is 2.36 bits per heavy atom. The molecule has 28 heavy (non-hydrogen) atoms. The van der Waals surface area contributed by atoms with E-state index in [9.17, 15) is 4.79 Å². The molecule has 8 nitrogen and oxygen atoms in total. The summed E-state index contributed by atoms with van der Waals surface area (Å²) >= 11 is 0. The molecule has 1 N–H and O–H groups in total. The van der Waals surface area contributed by atoms with E-state index in [0.717, 1.165) is 48.6 Å². The molecule has 1 aliphatic rings. The van der Waals surface area contributed by atoms with Crippen molar-refractivity contribution in [1.82, 2.24) is 29.8 Å². The Labute approximate surface area is 163 Å². The molecule has 3 aromatic rings. The van der Waals surface area contributed by atoms with Crippen molar-refractivity contribution in [3.8, 4) is 5.82 Å². The summed E-state index contributed by atoms with van der Waals surface area (Å²) in [5, 5.41) is 20.8. The van der Waals surface area contributed by atoms with E-state index in [-0.39, 0.29) is 11.6 Å². The van der Waals surface area contributed by atoms with Crippen LogP contribution in [0.25, 0.3) is 5.82 Å². The number of anilines is 1. The second-order valence-electron chi connectivity index (χ2n) is 7.52. The van der Waals surface area contributed by atoms with Gasteiger partial charge in [0.05, 0.1) is 17.4 Å². The lowest BCUT2D eigenvalue weighted by Crippen LogP contribution is -2.33. The molecule has 3 aromatic heterocycles. The zero-order chi connectivity index (χ0) is 19.7. The quantitative estimate of drug-likeness (QED) is 0.750. The van der Waals surface area contributed by atoms with Gasteiger partial charge < -0.3 is 5.32 Å². The van der Waals surface area contributed by atoms with E-state index in [1.165, 1.54) is 0 Å². The summed E-state index contributed by atoms with van der Waals surface area (Å²) < 4.78 is 3.42. The van der Waals surface area contributed by atoms with Crippen LogP contribution in [0.15, 0.2) is 35.1 Å². The first-order valence-electron chi connectivity index (χ1n) is 9.70. The average Bonchev–Trinajstić information content (AvgIpc) is 3.03. The van der Waals surface area contributed by atoms with Gasteiger partial charge in [-0.15, -0.1) is 10.2 Å². The summed E-state index contributed by atoms with van der Waals surface area (Å²) in [6.45, 7) is 5.86. The predicted molar refractivity (Wildman–Crippen MR) is 107 cm³/mol. The van der Waals surface area contributed by atoms with Gasteiger partial charge >= 0.3 is 0 Å². The van der Waals surface area contributed by atoms with Crippen LogP contribution in [0, 0.1) is 20.8 Å². The number of aromatic nitrogens is 6. The van der Waals surface area contributed by atoms with Gasteiger partial charge in [0.2, 0.25) is 0 Å². The number of hydrogen-bond acceptors (Lipinski definition) is 6. The summed E-state index contributed by atoms with van der Waals surface area (Å²) in [6.07, 6.45) is 3.70. The zero-order valence-electron chi connectivity index (χ0n) is 16.5. The lowest BCUT2D eigenvalue weighted by Gasteiger charge is -2.29. The molecule has 1 fully saturated rings. The van der Waals surface area contributed by atoms with Gasteiger partial charge in [0.1, 0.15) is 5.82 Å². The molecule has 3 heterocycles. The summed E-state index contributed by atoms with van der Waals surface area (Å²) in [5.74, 6) is 1.48. The third kappa shape index (κ3) is 3.81. The predicted octanol–water partition coefficient (Wildman–Crippen LogP) is 2.74. The van der Waals surface area contributed by atoms with E-state index in [0.29, 0.717) is 11.9 Å². The van der Waals surface area contributed by atoms with Gasteiger partial charge in [-0.3, -0.25) is 4.79 Å². The Morgan fingerprint density at radius 1 is 0.929 bits per heavy atom. The SMILES string of the molecule is Cc1ccc(NC2CCC(n3nc(-n4nc(C)cc4C)ccc3=O)CC2)nn1. The smallest absolute Gasteiger partial charge is 0.267 e. The first-order valence-corrected chi connectivity index (χ1v) is 9.70. The number of hydrogen-bond donors (Lipinski definition) is 1. The largest absolute Gasteiger partial charge is 0.366 e. The molecule has 1 aliphatic carbocycles. The summed E-state index contributed by atoms with van der Waals surface area (Å²) in [6, 6.07) is 9.68. The summed E-state index contributed by atoms with van der Waals surface area (Å²) in [5.41, 5.74) is 2.78. The van der Waals surface area contributed by atoms with Gasteiger partial charge in [0.25, 0.3) is 5.56 Å². The van der Waals surface area contributed by atoms with Crippen LogP contribution in [0.4, 0.5) is 5.82 Å². The Balaban J connectivity index is 1.47. The monoisotopic (exact) mass is 379 g/mol. The van der Waals surface area contributed by atoms with Crippen molar-refractivity contribution in [3.05, 3.63) is 57.8 Å². The van der Waals surface area contributed by atoms with Crippen LogP contribution < -0.4 is 10.9 Å². The molecule has 0 atom stereocenters. The second-order valence-corrected chi connectivity index (χ2v) is 7.52. The maximum atomic E-state index is 12.4. The van der Waals surface area contributed by atoms with Crippen molar-refractivity contribution in [2.45, 2.75) is 58.5 Å². The minimum absolute atomic E-state index is 0.0638. The van der Waals surface area contributed by atoms with E-state index in [2.05, 4.69) is 25.7 Å². The number of nitrogens with zero attached hydrogens (tertiary/aromatic N) is 6. The Morgan fingerprint density at radius 2 is 1.71 bits per heavy atom. The zero-order valence-corrected chi connectivity index (χ0v) is 16.5. The van der Waals surface area contributed by atoms with Crippen molar-refractivity contribution in [2.75, 3.05) is 5.32 Å². The number of rotatable bonds is 4. The highest BCUT2D eigenvalue weighted by atomic mass is 16.1. The van der Waals surface area contributed by atoms with E-state index in [4.69, 9.17) is 0 Å². The third-order valence-corrected chi connectivity index (χ3v) is 5.23. The molecular weight excluding hydrogens is 354 g/mol. The molecule has 0 saturated heterocycles. The van der Waals surface area contributed by atoms with Crippen LogP contribution in [0.1, 0.15) is 48.8 Å². The average molecular weight is 379 g/mol. The van der Waals surface area contributed by atoms with E-state index in [1.54, 1.807) is 21.5 Å². The van der Waals surface area contributed by atoms with E-state index in [1.807, 2.05) is 39.0 Å². The number of aryl methyl sites for hydroxylation is 3. The van der Waals surface area contributed by atoms with Crippen molar-refractivity contribution >= 4 is 5.82 Å². The molecule has 146 valence electrons. The Bertz CT molecular complexity index is 1010. The minimum Gasteiger partial charge on any atom is -0.366 e. The van der Waals surface area contributed by atoms with Gasteiger partial charge in [-0.2, -0.15) is 10.2 Å². The second kappa shape index (κ2) is 7.53. The van der Waals surface area contributed by atoms with Crippen molar-refractivity contribution in [1.29, 1.82) is 0 Å². The highest BCUT2D eigenvalue weighted by Gasteiger charge is 2.24. The molecule has 0 radical (unpaired) electrons. The fraction of sp³-hybridized carbons (Fsp3) is 0.450. The van der Waals surface area contributed by atoms with Crippen LogP contribution in [0.5, 0.6) is 0 Å². The topological polar surface area (TPSA) is 90.5 Å². The molecule has 0 amide bonds. The standard InChI is InChI=1S/C20H25N7O/c1-13-4-9-18(23-22-13)21-16-5-7-17(8-6-16)27-20(28)11-10-19(25-27)26-15(3)12-14(2)24-26/h4,9-12,16-17H,5-8H2,1-3H3,(H,21,23). The van der Waals surface area contributed by atoms with E-state index >= 15 is 0 Å². The van der Waals surface area contributed by atoms with Gasteiger partial charge in [-0.1, -0.05) is 0 Å². The first-order chi connectivity index (χ1) is 13.5. The van der Waals surface area contributed by atoms with Crippen molar-refractivity contribution in [2.24, 2.45) is 0 Å². The molecule has 0 bridgehead atoms. The number of nitrogens with one attached hydrogen (secondary N) is 1. The highest BCUT2D eigenvalue weighted by molar-refractivity contribution is 5.34. The van der Waals surface area contributed by atoms with Gasteiger partial charge in [-0.05, 0) is 70.7 Å². The van der Waals surface area contributed by atoms with Crippen LogP contribution in [-0.2, 0) is 0 Å². The molecule has 0 unspecified atom stereocenters. The van der Waals surface area contributed by atoms with Crippen LogP contribution in [0.3, 0.4) is 0 Å². The van der Waals surface area contributed by atoms with Crippen molar-refractivity contribution in [3.63, 3.8) is 0 Å². The fourth-order valence-corrected chi connectivity index (χ4v) is 3.80. The maximum Gasteiger partial charge on any atom is 0.267 e. The molecule has 4 rings (SSSR count). The van der Waals surface area contributed by atoms with Gasteiger partial charge in [0, 0.05) is 17.8 Å². The fourth-order valence-electron chi connectivity index (χ4n) is 3.80. The normalized spacial score (nSPS) is 19.5. The van der Waals surface area contributed by atoms with Crippen LogP contribution >= 0.6 is 0 Å².